The summed E-state index contributed by atoms with van der Waals surface area (Å²) >= 11 is 0. The predicted octanol–water partition coefficient (Wildman–Crippen LogP) is 3.65. The average Bonchev–Trinajstić information content (AvgIpc) is 3.47. The summed E-state index contributed by atoms with van der Waals surface area (Å²) in [5.74, 6) is 1.40. The van der Waals surface area contributed by atoms with E-state index in [9.17, 15) is 4.79 Å². The first-order valence-electron chi connectivity index (χ1n) is 10.5. The standard InChI is InChI=1S/C24H27N3O5/c1-29-20-13-16(14-21(30-2)23(20)31-3)10-11-22(28)25-15-17-7-6-12-27(17)24-26-18-8-4-5-9-19(18)32-24/h4-5,8-11,13-14,17H,6-7,12,15H2,1-3H3,(H,25,28). The summed E-state index contributed by atoms with van der Waals surface area (Å²) in [6.07, 6.45) is 5.21. The summed E-state index contributed by atoms with van der Waals surface area (Å²) in [6, 6.07) is 12.0. The van der Waals surface area contributed by atoms with Crippen molar-refractivity contribution in [3.05, 3.63) is 48.0 Å². The Kier molecular flexibility index (Phi) is 6.49. The molecule has 8 nitrogen and oxygen atoms in total. The van der Waals surface area contributed by atoms with Gasteiger partial charge in [-0.1, -0.05) is 12.1 Å². The van der Waals surface area contributed by atoms with Crippen LogP contribution in [0, 0.1) is 0 Å². The maximum Gasteiger partial charge on any atom is 0.298 e. The minimum absolute atomic E-state index is 0.140. The van der Waals surface area contributed by atoms with Crippen LogP contribution >= 0.6 is 0 Å². The number of benzene rings is 2. The number of carbonyl (C=O) groups excluding carboxylic acids is 1. The van der Waals surface area contributed by atoms with E-state index < -0.39 is 0 Å². The number of nitrogens with one attached hydrogen (secondary N) is 1. The number of ether oxygens (including phenoxy) is 3. The molecule has 8 heteroatoms. The van der Waals surface area contributed by atoms with Gasteiger partial charge in [0.05, 0.1) is 27.4 Å². The number of nitrogens with zero attached hydrogens (tertiary/aromatic N) is 2. The summed E-state index contributed by atoms with van der Waals surface area (Å²) in [5, 5.41) is 2.98. The number of hydrogen-bond donors (Lipinski definition) is 1. The molecule has 0 bridgehead atoms. The van der Waals surface area contributed by atoms with E-state index in [2.05, 4.69) is 15.2 Å². The zero-order valence-electron chi connectivity index (χ0n) is 18.5. The summed E-state index contributed by atoms with van der Waals surface area (Å²) in [5.41, 5.74) is 2.37. The van der Waals surface area contributed by atoms with Crippen molar-refractivity contribution < 1.29 is 23.4 Å². The Morgan fingerprint density at radius 2 is 1.94 bits per heavy atom. The molecule has 0 aliphatic carbocycles. The normalized spacial score (nSPS) is 16.0. The molecular formula is C24H27N3O5. The van der Waals surface area contributed by atoms with Crippen molar-refractivity contribution in [3.63, 3.8) is 0 Å². The largest absolute Gasteiger partial charge is 0.493 e. The van der Waals surface area contributed by atoms with Gasteiger partial charge in [0, 0.05) is 19.2 Å². The molecule has 4 rings (SSSR count). The van der Waals surface area contributed by atoms with E-state index in [0.29, 0.717) is 29.8 Å². The van der Waals surface area contributed by atoms with Crippen LogP contribution in [0.3, 0.4) is 0 Å². The third-order valence-electron chi connectivity index (χ3n) is 5.53. The van der Waals surface area contributed by atoms with Crippen LogP contribution in [0.4, 0.5) is 6.01 Å². The van der Waals surface area contributed by atoms with Crippen LogP contribution in [-0.4, -0.2) is 51.4 Å². The van der Waals surface area contributed by atoms with Crippen molar-refractivity contribution in [2.75, 3.05) is 39.3 Å². The molecule has 168 valence electrons. The predicted molar refractivity (Wildman–Crippen MR) is 123 cm³/mol. The second-order valence-electron chi connectivity index (χ2n) is 7.49. The Bertz CT molecular complexity index is 1070. The molecule has 2 aromatic carbocycles. The summed E-state index contributed by atoms with van der Waals surface area (Å²) in [4.78, 5) is 19.2. The molecule has 3 aromatic rings. The Morgan fingerprint density at radius 3 is 2.62 bits per heavy atom. The third-order valence-corrected chi connectivity index (χ3v) is 5.53. The number of oxazole rings is 1. The van der Waals surface area contributed by atoms with Gasteiger partial charge in [0.15, 0.2) is 17.1 Å². The van der Waals surface area contributed by atoms with Gasteiger partial charge in [-0.3, -0.25) is 4.79 Å². The van der Waals surface area contributed by atoms with Crippen LogP contribution in [0.15, 0.2) is 46.9 Å². The molecule has 1 N–H and O–H groups in total. The maximum absolute atomic E-state index is 12.4. The van der Waals surface area contributed by atoms with Crippen LogP contribution in [-0.2, 0) is 4.79 Å². The second-order valence-corrected chi connectivity index (χ2v) is 7.49. The number of anilines is 1. The van der Waals surface area contributed by atoms with E-state index >= 15 is 0 Å². The molecule has 32 heavy (non-hydrogen) atoms. The molecule has 1 unspecified atom stereocenters. The van der Waals surface area contributed by atoms with E-state index in [1.165, 1.54) is 6.08 Å². The molecule has 1 saturated heterocycles. The van der Waals surface area contributed by atoms with Gasteiger partial charge in [-0.2, -0.15) is 4.98 Å². The van der Waals surface area contributed by atoms with Crippen molar-refractivity contribution >= 4 is 29.1 Å². The highest BCUT2D eigenvalue weighted by Crippen LogP contribution is 2.38. The van der Waals surface area contributed by atoms with E-state index in [0.717, 1.165) is 36.0 Å². The molecule has 1 fully saturated rings. The highest BCUT2D eigenvalue weighted by atomic mass is 16.5. The third kappa shape index (κ3) is 4.49. The number of hydrogen-bond acceptors (Lipinski definition) is 7. The Morgan fingerprint density at radius 1 is 1.19 bits per heavy atom. The van der Waals surface area contributed by atoms with Gasteiger partial charge in [-0.05, 0) is 48.7 Å². The summed E-state index contributed by atoms with van der Waals surface area (Å²) < 4.78 is 22.0. The quantitative estimate of drug-likeness (QED) is 0.538. The van der Waals surface area contributed by atoms with Crippen LogP contribution in [0.5, 0.6) is 17.2 Å². The molecule has 1 aliphatic heterocycles. The van der Waals surface area contributed by atoms with Gasteiger partial charge < -0.3 is 28.8 Å². The molecule has 0 saturated carbocycles. The number of aromatic nitrogens is 1. The van der Waals surface area contributed by atoms with E-state index in [1.807, 2.05) is 24.3 Å². The Hall–Kier alpha value is -3.68. The van der Waals surface area contributed by atoms with Gasteiger partial charge >= 0.3 is 0 Å². The lowest BCUT2D eigenvalue weighted by molar-refractivity contribution is -0.116. The minimum Gasteiger partial charge on any atom is -0.493 e. The fraction of sp³-hybridized carbons (Fsp3) is 0.333. The van der Waals surface area contributed by atoms with Crippen molar-refractivity contribution in [1.29, 1.82) is 0 Å². The van der Waals surface area contributed by atoms with E-state index in [1.54, 1.807) is 39.5 Å². The number of para-hydroxylation sites is 2. The van der Waals surface area contributed by atoms with Crippen LogP contribution < -0.4 is 24.4 Å². The number of rotatable bonds is 8. The highest BCUT2D eigenvalue weighted by molar-refractivity contribution is 5.92. The first kappa shape index (κ1) is 21.5. The maximum atomic E-state index is 12.4. The molecule has 2 heterocycles. The minimum atomic E-state index is -0.178. The monoisotopic (exact) mass is 437 g/mol. The highest BCUT2D eigenvalue weighted by Gasteiger charge is 2.28. The first-order chi connectivity index (χ1) is 15.6. The van der Waals surface area contributed by atoms with Crippen LogP contribution in [0.2, 0.25) is 0 Å². The number of methoxy groups -OCH3 is 3. The smallest absolute Gasteiger partial charge is 0.298 e. The van der Waals surface area contributed by atoms with Crippen molar-refractivity contribution in [2.45, 2.75) is 18.9 Å². The van der Waals surface area contributed by atoms with Crippen LogP contribution in [0.1, 0.15) is 18.4 Å². The topological polar surface area (TPSA) is 86.1 Å². The molecule has 1 aromatic heterocycles. The van der Waals surface area contributed by atoms with Gasteiger partial charge in [0.2, 0.25) is 11.7 Å². The molecule has 1 aliphatic rings. The van der Waals surface area contributed by atoms with Crippen molar-refractivity contribution in [3.8, 4) is 17.2 Å². The van der Waals surface area contributed by atoms with Gasteiger partial charge in [0.25, 0.3) is 6.01 Å². The van der Waals surface area contributed by atoms with Crippen LogP contribution in [0.25, 0.3) is 17.2 Å². The lowest BCUT2D eigenvalue weighted by Gasteiger charge is -2.22. The average molecular weight is 437 g/mol. The lowest BCUT2D eigenvalue weighted by Crippen LogP contribution is -2.39. The lowest BCUT2D eigenvalue weighted by atomic mass is 10.1. The molecule has 1 atom stereocenters. The van der Waals surface area contributed by atoms with Crippen molar-refractivity contribution in [2.24, 2.45) is 0 Å². The summed E-state index contributed by atoms with van der Waals surface area (Å²) in [7, 11) is 4.67. The first-order valence-corrected chi connectivity index (χ1v) is 10.5. The van der Waals surface area contributed by atoms with Gasteiger partial charge in [-0.25, -0.2) is 0 Å². The summed E-state index contributed by atoms with van der Waals surface area (Å²) in [6.45, 7) is 1.37. The second kappa shape index (κ2) is 9.64. The van der Waals surface area contributed by atoms with E-state index in [4.69, 9.17) is 18.6 Å². The van der Waals surface area contributed by atoms with Gasteiger partial charge in [0.1, 0.15) is 5.52 Å². The number of amides is 1. The van der Waals surface area contributed by atoms with Crippen molar-refractivity contribution in [1.82, 2.24) is 10.3 Å². The fourth-order valence-corrected chi connectivity index (χ4v) is 3.93. The number of carbonyl (C=O) groups is 1. The Balaban J connectivity index is 1.39. The molecular weight excluding hydrogens is 410 g/mol. The van der Waals surface area contributed by atoms with Gasteiger partial charge in [-0.15, -0.1) is 0 Å². The van der Waals surface area contributed by atoms with E-state index in [-0.39, 0.29) is 11.9 Å². The zero-order chi connectivity index (χ0) is 22.5. The Labute approximate surface area is 186 Å². The molecule has 1 amide bonds. The fourth-order valence-electron chi connectivity index (χ4n) is 3.93. The SMILES string of the molecule is COc1cc(C=CC(=O)NCC2CCCN2c2nc3ccccc3o2)cc(OC)c1OC. The molecule has 0 radical (unpaired) electrons. The molecule has 0 spiro atoms. The number of fused-ring (bicyclic) bond motifs is 1. The zero-order valence-corrected chi connectivity index (χ0v) is 18.5.